The van der Waals surface area contributed by atoms with Crippen molar-refractivity contribution in [3.05, 3.63) is 48.5 Å². The molecule has 20 heavy (non-hydrogen) atoms. The fourth-order valence-corrected chi connectivity index (χ4v) is 3.29. The summed E-state index contributed by atoms with van der Waals surface area (Å²) in [5, 5.41) is 2.50. The van der Waals surface area contributed by atoms with Gasteiger partial charge in [-0.25, -0.2) is 4.98 Å². The summed E-state index contributed by atoms with van der Waals surface area (Å²) < 4.78 is 2.19. The minimum Gasteiger partial charge on any atom is -0.328 e. The fraction of sp³-hybridized carbons (Fsp3) is 0.118. The van der Waals surface area contributed by atoms with E-state index in [2.05, 4.69) is 60.3 Å². The van der Waals surface area contributed by atoms with Gasteiger partial charge in [0.25, 0.3) is 0 Å². The molecule has 2 heterocycles. The third-order valence-corrected chi connectivity index (χ3v) is 4.60. The van der Waals surface area contributed by atoms with E-state index in [4.69, 9.17) is 4.98 Å². The number of aromatic nitrogens is 2. The van der Waals surface area contributed by atoms with Crippen molar-refractivity contribution < 1.29 is 0 Å². The minimum absolute atomic E-state index is 1.05. The van der Waals surface area contributed by atoms with Gasteiger partial charge in [0.2, 0.25) is 0 Å². The highest BCUT2D eigenvalue weighted by Gasteiger charge is 2.15. The average molecular weight is 278 g/mol. The second kappa shape index (κ2) is 4.25. The number of fused-ring (bicyclic) bond motifs is 4. The van der Waals surface area contributed by atoms with Crippen LogP contribution in [0.3, 0.4) is 0 Å². The average Bonchev–Trinajstić information content (AvgIpc) is 2.86. The lowest BCUT2D eigenvalue weighted by Crippen LogP contribution is -1.99. The van der Waals surface area contributed by atoms with E-state index in [9.17, 15) is 0 Å². The number of benzene rings is 2. The largest absolute Gasteiger partial charge is 0.328 e. The highest BCUT2D eigenvalue weighted by molar-refractivity contribution is 7.98. The van der Waals surface area contributed by atoms with Crippen LogP contribution in [0.25, 0.3) is 33.2 Å². The molecule has 0 amide bonds. The van der Waals surface area contributed by atoms with Crippen LogP contribution in [-0.4, -0.2) is 15.8 Å². The zero-order valence-corrected chi connectivity index (χ0v) is 12.2. The van der Waals surface area contributed by atoms with Gasteiger partial charge in [0.05, 0.1) is 5.52 Å². The molecule has 0 saturated carbocycles. The molecule has 2 nitrogen and oxygen atoms in total. The van der Waals surface area contributed by atoms with E-state index in [1.807, 2.05) is 6.07 Å². The van der Waals surface area contributed by atoms with E-state index in [0.29, 0.717) is 0 Å². The molecule has 0 saturated heterocycles. The molecular formula is C17H14N2S. The van der Waals surface area contributed by atoms with E-state index in [0.717, 1.165) is 11.3 Å². The normalized spacial score (nSPS) is 11.7. The van der Waals surface area contributed by atoms with Gasteiger partial charge in [-0.15, -0.1) is 11.8 Å². The van der Waals surface area contributed by atoms with Crippen molar-refractivity contribution in [2.45, 2.75) is 4.90 Å². The lowest BCUT2D eigenvalue weighted by molar-refractivity contribution is 0.938. The summed E-state index contributed by atoms with van der Waals surface area (Å²) in [4.78, 5) is 6.06. The number of pyridine rings is 1. The molecule has 2 aliphatic rings. The number of para-hydroxylation sites is 1. The molecular weight excluding hydrogens is 264 g/mol. The zero-order chi connectivity index (χ0) is 13.7. The Morgan fingerprint density at radius 1 is 1.05 bits per heavy atom. The second-order valence-electron chi connectivity index (χ2n) is 4.99. The summed E-state index contributed by atoms with van der Waals surface area (Å²) in [6.07, 6.45) is 2.11. The van der Waals surface area contributed by atoms with Crippen LogP contribution in [0.1, 0.15) is 0 Å². The van der Waals surface area contributed by atoms with Crippen molar-refractivity contribution in [3.63, 3.8) is 0 Å². The van der Waals surface area contributed by atoms with Gasteiger partial charge in [-0.3, -0.25) is 0 Å². The van der Waals surface area contributed by atoms with Crippen LogP contribution < -0.4 is 0 Å². The van der Waals surface area contributed by atoms with Gasteiger partial charge in [-0.1, -0.05) is 18.2 Å². The third kappa shape index (κ3) is 1.56. The third-order valence-electron chi connectivity index (χ3n) is 3.88. The molecule has 0 atom stereocenters. The van der Waals surface area contributed by atoms with Crippen LogP contribution in [-0.2, 0) is 7.05 Å². The summed E-state index contributed by atoms with van der Waals surface area (Å²) in [6.45, 7) is 0. The molecule has 0 aromatic heterocycles. The van der Waals surface area contributed by atoms with Crippen molar-refractivity contribution in [2.24, 2.45) is 7.05 Å². The second-order valence-corrected chi connectivity index (χ2v) is 5.87. The standard InChI is InChI=1S/C17H14N2S/c1-19-16-8-7-12(20-2)9-11(16)10-14-13-5-3-4-6-15(13)18-17(14)19/h3-10H,1-2H3. The van der Waals surface area contributed by atoms with Crippen molar-refractivity contribution in [1.82, 2.24) is 9.55 Å². The molecule has 0 fully saturated rings. The Balaban J connectivity index is 2.19. The quantitative estimate of drug-likeness (QED) is 0.475. The number of hydrogen-bond acceptors (Lipinski definition) is 2. The van der Waals surface area contributed by atoms with Gasteiger partial charge >= 0.3 is 0 Å². The van der Waals surface area contributed by atoms with Crippen molar-refractivity contribution >= 4 is 33.6 Å². The van der Waals surface area contributed by atoms with Gasteiger partial charge in [-0.05, 0) is 36.6 Å². The van der Waals surface area contributed by atoms with Crippen LogP contribution in [0.2, 0.25) is 0 Å². The van der Waals surface area contributed by atoms with Gasteiger partial charge in [0, 0.05) is 33.8 Å². The first-order valence-corrected chi connectivity index (χ1v) is 7.82. The fourth-order valence-electron chi connectivity index (χ4n) is 2.84. The number of rotatable bonds is 1. The van der Waals surface area contributed by atoms with Gasteiger partial charge < -0.3 is 4.57 Å². The molecule has 2 aliphatic heterocycles. The molecule has 0 spiro atoms. The van der Waals surface area contributed by atoms with E-state index >= 15 is 0 Å². The smallest absolute Gasteiger partial charge is 0.141 e. The summed E-state index contributed by atoms with van der Waals surface area (Å²) >= 11 is 1.78. The Morgan fingerprint density at radius 2 is 1.90 bits per heavy atom. The van der Waals surface area contributed by atoms with E-state index in [-0.39, 0.29) is 0 Å². The summed E-state index contributed by atoms with van der Waals surface area (Å²) in [7, 11) is 2.09. The lowest BCUT2D eigenvalue weighted by atomic mass is 10.1. The zero-order valence-electron chi connectivity index (χ0n) is 11.4. The number of aryl methyl sites for hydroxylation is 1. The predicted octanol–water partition coefficient (Wildman–Crippen LogP) is 4.55. The molecule has 2 aromatic rings. The van der Waals surface area contributed by atoms with Crippen molar-refractivity contribution in [2.75, 3.05) is 6.26 Å². The number of hydrogen-bond donors (Lipinski definition) is 0. The van der Waals surface area contributed by atoms with Crippen LogP contribution in [0.15, 0.2) is 53.4 Å². The highest BCUT2D eigenvalue weighted by Crippen LogP contribution is 2.34. The summed E-state index contributed by atoms with van der Waals surface area (Å²) in [5.74, 6) is 1.05. The van der Waals surface area contributed by atoms with Gasteiger partial charge in [-0.2, -0.15) is 0 Å². The van der Waals surface area contributed by atoms with Gasteiger partial charge in [0.15, 0.2) is 0 Å². The monoisotopic (exact) mass is 278 g/mol. The molecule has 98 valence electrons. The number of thioether (sulfide) groups is 1. The highest BCUT2D eigenvalue weighted by atomic mass is 32.2. The molecule has 0 N–H and O–H groups in total. The first-order valence-electron chi connectivity index (χ1n) is 6.60. The maximum absolute atomic E-state index is 4.77. The molecule has 0 bridgehead atoms. The first kappa shape index (κ1) is 11.8. The molecule has 0 unspecified atom stereocenters. The molecule has 2 aromatic carbocycles. The molecule has 0 radical (unpaired) electrons. The topological polar surface area (TPSA) is 17.8 Å². The SMILES string of the molecule is CSc1ccc2c(c1)cc1c3ccccc3nc-1n2C. The van der Waals surface area contributed by atoms with Crippen LogP contribution >= 0.6 is 11.8 Å². The Hall–Kier alpha value is -2.00. The minimum atomic E-state index is 1.05. The maximum Gasteiger partial charge on any atom is 0.141 e. The van der Waals surface area contributed by atoms with E-state index < -0.39 is 0 Å². The first-order chi connectivity index (χ1) is 9.78. The molecule has 4 rings (SSSR count). The predicted molar refractivity (Wildman–Crippen MR) is 86.6 cm³/mol. The number of nitrogens with zero attached hydrogens (tertiary/aromatic N) is 2. The van der Waals surface area contributed by atoms with Crippen LogP contribution in [0.4, 0.5) is 0 Å². The van der Waals surface area contributed by atoms with Crippen LogP contribution in [0.5, 0.6) is 0 Å². The van der Waals surface area contributed by atoms with Crippen LogP contribution in [0, 0.1) is 0 Å². The van der Waals surface area contributed by atoms with Gasteiger partial charge in [0.1, 0.15) is 5.82 Å². The Labute approximate surface area is 121 Å². The summed E-state index contributed by atoms with van der Waals surface area (Å²) in [5.41, 5.74) is 3.52. The Morgan fingerprint density at radius 3 is 2.75 bits per heavy atom. The summed E-state index contributed by atoms with van der Waals surface area (Å²) in [6, 6.07) is 17.2. The lowest BCUT2D eigenvalue weighted by Gasteiger charge is -2.12. The van der Waals surface area contributed by atoms with Crippen molar-refractivity contribution in [1.29, 1.82) is 0 Å². The van der Waals surface area contributed by atoms with E-state index in [1.165, 1.54) is 26.7 Å². The molecule has 0 aliphatic carbocycles. The molecule has 3 heteroatoms. The maximum atomic E-state index is 4.77. The van der Waals surface area contributed by atoms with Crippen molar-refractivity contribution in [3.8, 4) is 11.4 Å². The van der Waals surface area contributed by atoms with E-state index in [1.54, 1.807) is 11.8 Å². The Kier molecular flexibility index (Phi) is 2.51. The Bertz CT molecular complexity index is 908.